The molecule has 1 fully saturated rings. The summed E-state index contributed by atoms with van der Waals surface area (Å²) in [5.74, 6) is 1.43. The zero-order valence-electron chi connectivity index (χ0n) is 20.7. The zero-order valence-corrected chi connectivity index (χ0v) is 21.5. The maximum Gasteiger partial charge on any atom is 0.238 e. The van der Waals surface area contributed by atoms with Crippen LogP contribution in [0.15, 0.2) is 83.9 Å². The van der Waals surface area contributed by atoms with Crippen molar-refractivity contribution in [1.82, 2.24) is 14.4 Å². The zero-order chi connectivity index (χ0) is 26.3. The van der Waals surface area contributed by atoms with Gasteiger partial charge in [0, 0.05) is 24.1 Å². The van der Waals surface area contributed by atoms with Gasteiger partial charge in [-0.3, -0.25) is 9.20 Å². The monoisotopic (exact) mass is 525 g/mol. The van der Waals surface area contributed by atoms with E-state index in [4.69, 9.17) is 15.1 Å². The van der Waals surface area contributed by atoms with Crippen LogP contribution in [0.1, 0.15) is 35.2 Å². The Labute approximate surface area is 220 Å². The molecule has 0 amide bonds. The van der Waals surface area contributed by atoms with Crippen LogP contribution in [0.3, 0.4) is 0 Å². The summed E-state index contributed by atoms with van der Waals surface area (Å²) in [6, 6.07) is 22.3. The number of carbonyl (C=O) groups excluding carboxylic acids is 1. The van der Waals surface area contributed by atoms with Gasteiger partial charge in [0.1, 0.15) is 0 Å². The molecule has 2 heterocycles. The minimum Gasteiger partial charge on any atom is -0.367 e. The number of Topliss-reactive ketones (excluding diaryl/α,β-unsaturated/α-hetero) is 1. The summed E-state index contributed by atoms with van der Waals surface area (Å²) in [6.07, 6.45) is 5.45. The fraction of sp³-hybridized carbons (Fsp3) is 0.207. The van der Waals surface area contributed by atoms with Crippen LogP contribution in [0.5, 0.6) is 0 Å². The highest BCUT2D eigenvalue weighted by Crippen LogP contribution is 2.34. The van der Waals surface area contributed by atoms with Crippen LogP contribution in [0, 0.1) is 5.92 Å². The molecule has 192 valence electrons. The fourth-order valence-corrected chi connectivity index (χ4v) is 5.22. The van der Waals surface area contributed by atoms with Gasteiger partial charge in [-0.25, -0.2) is 23.5 Å². The lowest BCUT2D eigenvalue weighted by molar-refractivity contribution is 0.0976. The number of carbonyl (C=O) groups is 1. The standard InChI is InChI=1S/C29H27N5O3S/c30-38(36,37)23-13-7-19(8-14-23)15-16-31-28-29-32-18-26(34(29)25-4-2-1-3-24(25)33-28)21-9-11-22(12-10-21)27(35)17-20-5-6-20/h1-4,7-14,18,20H,5-6,15-17H2,(H,31,33)(H2,30,36,37). The predicted molar refractivity (Wildman–Crippen MR) is 148 cm³/mol. The molecular formula is C29H27N5O3S. The van der Waals surface area contributed by atoms with E-state index in [1.807, 2.05) is 54.7 Å². The van der Waals surface area contributed by atoms with E-state index in [9.17, 15) is 13.2 Å². The van der Waals surface area contributed by atoms with Crippen molar-refractivity contribution in [3.8, 4) is 11.3 Å². The van der Waals surface area contributed by atoms with Crippen LogP contribution < -0.4 is 10.5 Å². The Hall–Kier alpha value is -4.08. The number of nitrogens with two attached hydrogens (primary N) is 1. The second-order valence-electron chi connectivity index (χ2n) is 9.77. The van der Waals surface area contributed by atoms with Crippen molar-refractivity contribution in [2.24, 2.45) is 11.1 Å². The van der Waals surface area contributed by atoms with Crippen LogP contribution in [0.25, 0.3) is 27.9 Å². The number of anilines is 1. The van der Waals surface area contributed by atoms with Gasteiger partial charge in [0.05, 0.1) is 27.8 Å². The van der Waals surface area contributed by atoms with Crippen molar-refractivity contribution in [3.05, 3.63) is 90.1 Å². The summed E-state index contributed by atoms with van der Waals surface area (Å²) < 4.78 is 25.1. The second kappa shape index (κ2) is 9.66. The Balaban J connectivity index is 1.28. The number of benzene rings is 3. The van der Waals surface area contributed by atoms with E-state index in [0.717, 1.165) is 46.3 Å². The first kappa shape index (κ1) is 24.3. The van der Waals surface area contributed by atoms with Crippen molar-refractivity contribution in [2.45, 2.75) is 30.6 Å². The number of aromatic nitrogens is 3. The third-order valence-corrected chi connectivity index (χ3v) is 7.89. The van der Waals surface area contributed by atoms with Gasteiger partial charge in [0.15, 0.2) is 17.2 Å². The minimum atomic E-state index is -3.71. The molecule has 0 bridgehead atoms. The van der Waals surface area contributed by atoms with E-state index in [1.54, 1.807) is 12.1 Å². The number of imidazole rings is 1. The van der Waals surface area contributed by atoms with Gasteiger partial charge in [-0.05, 0) is 55.0 Å². The van der Waals surface area contributed by atoms with Crippen molar-refractivity contribution < 1.29 is 13.2 Å². The highest BCUT2D eigenvalue weighted by molar-refractivity contribution is 7.89. The van der Waals surface area contributed by atoms with Crippen LogP contribution in [-0.4, -0.2) is 35.1 Å². The number of nitrogens with one attached hydrogen (secondary N) is 1. The van der Waals surface area contributed by atoms with Gasteiger partial charge >= 0.3 is 0 Å². The molecule has 2 aromatic heterocycles. The molecule has 0 radical (unpaired) electrons. The van der Waals surface area contributed by atoms with E-state index in [0.29, 0.717) is 36.8 Å². The highest BCUT2D eigenvalue weighted by atomic mass is 32.2. The third-order valence-electron chi connectivity index (χ3n) is 6.96. The van der Waals surface area contributed by atoms with Crippen molar-refractivity contribution in [2.75, 3.05) is 11.9 Å². The molecule has 3 aromatic carbocycles. The molecule has 1 aliphatic carbocycles. The van der Waals surface area contributed by atoms with Gasteiger partial charge in [0.2, 0.25) is 10.0 Å². The van der Waals surface area contributed by atoms with Gasteiger partial charge in [-0.1, -0.05) is 48.5 Å². The van der Waals surface area contributed by atoms with Gasteiger partial charge in [-0.15, -0.1) is 0 Å². The number of hydrogen-bond donors (Lipinski definition) is 2. The number of fused-ring (bicyclic) bond motifs is 3. The molecule has 5 aromatic rings. The lowest BCUT2D eigenvalue weighted by Gasteiger charge is -2.12. The summed E-state index contributed by atoms with van der Waals surface area (Å²) in [5.41, 5.74) is 6.09. The Morgan fingerprint density at radius 1 is 1.00 bits per heavy atom. The summed E-state index contributed by atoms with van der Waals surface area (Å²) in [6.45, 7) is 0.579. The fourth-order valence-electron chi connectivity index (χ4n) is 4.70. The molecule has 1 aliphatic rings. The molecule has 0 unspecified atom stereocenters. The first-order chi connectivity index (χ1) is 18.4. The normalized spacial score (nSPS) is 13.7. The van der Waals surface area contributed by atoms with Crippen molar-refractivity contribution in [3.63, 3.8) is 0 Å². The molecule has 0 atom stereocenters. The number of ketones is 1. The molecule has 6 rings (SSSR count). The summed E-state index contributed by atoms with van der Waals surface area (Å²) in [7, 11) is -3.71. The van der Waals surface area contributed by atoms with Crippen LogP contribution in [-0.2, 0) is 16.4 Å². The molecule has 38 heavy (non-hydrogen) atoms. The van der Waals surface area contributed by atoms with Gasteiger partial charge < -0.3 is 5.32 Å². The number of para-hydroxylation sites is 2. The number of rotatable bonds is 9. The highest BCUT2D eigenvalue weighted by Gasteiger charge is 2.25. The average Bonchev–Trinajstić information content (AvgIpc) is 3.62. The van der Waals surface area contributed by atoms with E-state index in [-0.39, 0.29) is 10.7 Å². The summed E-state index contributed by atoms with van der Waals surface area (Å²) in [5, 5.41) is 8.60. The number of sulfonamides is 1. The smallest absolute Gasteiger partial charge is 0.238 e. The van der Waals surface area contributed by atoms with Gasteiger partial charge in [0.25, 0.3) is 0 Å². The second-order valence-corrected chi connectivity index (χ2v) is 11.3. The molecular weight excluding hydrogens is 498 g/mol. The predicted octanol–water partition coefficient (Wildman–Crippen LogP) is 4.83. The molecule has 0 saturated heterocycles. The molecule has 3 N–H and O–H groups in total. The van der Waals surface area contributed by atoms with E-state index >= 15 is 0 Å². The van der Waals surface area contributed by atoms with E-state index in [1.165, 1.54) is 12.1 Å². The molecule has 0 spiro atoms. The quantitative estimate of drug-likeness (QED) is 0.266. The van der Waals surface area contributed by atoms with Crippen LogP contribution in [0.4, 0.5) is 5.82 Å². The number of nitrogens with zero attached hydrogens (tertiary/aromatic N) is 3. The first-order valence-electron chi connectivity index (χ1n) is 12.6. The molecule has 8 nitrogen and oxygen atoms in total. The Morgan fingerprint density at radius 3 is 2.45 bits per heavy atom. The number of hydrogen-bond acceptors (Lipinski definition) is 6. The van der Waals surface area contributed by atoms with Crippen LogP contribution in [0.2, 0.25) is 0 Å². The Morgan fingerprint density at radius 2 is 1.74 bits per heavy atom. The topological polar surface area (TPSA) is 119 Å². The molecule has 9 heteroatoms. The average molecular weight is 526 g/mol. The van der Waals surface area contributed by atoms with E-state index < -0.39 is 10.0 Å². The lowest BCUT2D eigenvalue weighted by Crippen LogP contribution is -2.12. The Bertz CT molecular complexity index is 1760. The van der Waals surface area contributed by atoms with Crippen molar-refractivity contribution >= 4 is 38.3 Å². The first-order valence-corrected chi connectivity index (χ1v) is 14.2. The summed E-state index contributed by atoms with van der Waals surface area (Å²) >= 11 is 0. The van der Waals surface area contributed by atoms with Gasteiger partial charge in [-0.2, -0.15) is 0 Å². The SMILES string of the molecule is NS(=O)(=O)c1ccc(CCNc2nc3ccccc3n3c(-c4ccc(C(=O)CC5CC5)cc4)cnc23)cc1. The lowest BCUT2D eigenvalue weighted by atomic mass is 10.0. The summed E-state index contributed by atoms with van der Waals surface area (Å²) in [4.78, 5) is 22.1. The maximum atomic E-state index is 12.5. The molecule has 0 aliphatic heterocycles. The Kier molecular flexibility index (Phi) is 6.17. The van der Waals surface area contributed by atoms with Crippen molar-refractivity contribution in [1.29, 1.82) is 0 Å². The molecule has 1 saturated carbocycles. The largest absolute Gasteiger partial charge is 0.367 e. The maximum absolute atomic E-state index is 12.5. The van der Waals surface area contributed by atoms with Crippen LogP contribution >= 0.6 is 0 Å². The number of primary sulfonamides is 1. The van der Waals surface area contributed by atoms with E-state index in [2.05, 4.69) is 9.72 Å². The third kappa shape index (κ3) is 4.90. The minimum absolute atomic E-state index is 0.0948.